The molecule has 0 saturated heterocycles. The lowest BCUT2D eigenvalue weighted by atomic mass is 10.1. The summed E-state index contributed by atoms with van der Waals surface area (Å²) >= 11 is 1.49. The van der Waals surface area contributed by atoms with Crippen LogP contribution in [0, 0.1) is 13.8 Å². The molecule has 5 nitrogen and oxygen atoms in total. The van der Waals surface area contributed by atoms with Crippen molar-refractivity contribution in [1.29, 1.82) is 0 Å². The fourth-order valence-corrected chi connectivity index (χ4v) is 3.38. The number of rotatable bonds is 6. The lowest BCUT2D eigenvalue weighted by Gasteiger charge is -2.08. The van der Waals surface area contributed by atoms with Crippen molar-refractivity contribution in [3.8, 4) is 17.1 Å². The van der Waals surface area contributed by atoms with Gasteiger partial charge in [0.25, 0.3) is 0 Å². The summed E-state index contributed by atoms with van der Waals surface area (Å²) in [6.45, 7) is 1.27. The van der Waals surface area contributed by atoms with Crippen LogP contribution in [0.2, 0.25) is 0 Å². The lowest BCUT2D eigenvalue weighted by Crippen LogP contribution is -2.11. The molecule has 1 heterocycles. The van der Waals surface area contributed by atoms with E-state index in [9.17, 15) is 8.78 Å². The molecule has 136 valence electrons. The number of alkyl halides is 2. The van der Waals surface area contributed by atoms with Gasteiger partial charge in [-0.2, -0.15) is 8.78 Å². The van der Waals surface area contributed by atoms with E-state index < -0.39 is 6.61 Å². The van der Waals surface area contributed by atoms with Gasteiger partial charge in [-0.15, -0.1) is 10.2 Å². The van der Waals surface area contributed by atoms with Crippen LogP contribution in [-0.4, -0.2) is 21.5 Å². The summed E-state index contributed by atoms with van der Waals surface area (Å²) < 4.78 is 30.2. The zero-order valence-electron chi connectivity index (χ0n) is 14.3. The van der Waals surface area contributed by atoms with Crippen molar-refractivity contribution >= 4 is 11.8 Å². The largest absolute Gasteiger partial charge is 0.435 e. The summed E-state index contributed by atoms with van der Waals surface area (Å²) in [5.74, 6) is 7.37. The Morgan fingerprint density at radius 1 is 1.12 bits per heavy atom. The molecule has 2 aromatic carbocycles. The van der Waals surface area contributed by atoms with Gasteiger partial charge < -0.3 is 10.6 Å². The van der Waals surface area contributed by atoms with Gasteiger partial charge in [-0.1, -0.05) is 35.5 Å². The van der Waals surface area contributed by atoms with Crippen LogP contribution in [-0.2, 0) is 5.75 Å². The van der Waals surface area contributed by atoms with E-state index in [-0.39, 0.29) is 5.75 Å². The Hall–Kier alpha value is -2.61. The van der Waals surface area contributed by atoms with E-state index in [1.165, 1.54) is 45.3 Å². The number of hydrogen-bond acceptors (Lipinski definition) is 5. The molecule has 3 rings (SSSR count). The molecule has 0 saturated carbocycles. The quantitative estimate of drug-likeness (QED) is 0.517. The van der Waals surface area contributed by atoms with E-state index >= 15 is 0 Å². The highest BCUT2D eigenvalue weighted by Gasteiger charge is 2.13. The zero-order valence-corrected chi connectivity index (χ0v) is 15.1. The van der Waals surface area contributed by atoms with Crippen molar-refractivity contribution in [3.05, 3.63) is 59.2 Å². The molecule has 0 amide bonds. The second-order valence-corrected chi connectivity index (χ2v) is 6.74. The van der Waals surface area contributed by atoms with Crippen LogP contribution < -0.4 is 10.6 Å². The SMILES string of the molecule is Cc1ccc(C)c(CSc2nnc(-c3ccc(OC(F)F)cc3)n2N)c1. The van der Waals surface area contributed by atoms with Crippen molar-refractivity contribution < 1.29 is 13.5 Å². The minimum absolute atomic E-state index is 0.0800. The molecule has 3 aromatic rings. The van der Waals surface area contributed by atoms with Crippen LogP contribution in [0.3, 0.4) is 0 Å². The first-order valence-corrected chi connectivity index (χ1v) is 8.87. The van der Waals surface area contributed by atoms with Gasteiger partial charge in [-0.25, -0.2) is 4.68 Å². The highest BCUT2D eigenvalue weighted by atomic mass is 32.2. The molecule has 0 fully saturated rings. The molecule has 0 spiro atoms. The number of nitrogens with two attached hydrogens (primary N) is 1. The van der Waals surface area contributed by atoms with Gasteiger partial charge in [0, 0.05) is 11.3 Å². The Kier molecular flexibility index (Phi) is 5.41. The van der Waals surface area contributed by atoms with Gasteiger partial charge in [0.1, 0.15) is 5.75 Å². The predicted octanol–water partition coefficient (Wildman–Crippen LogP) is 4.17. The summed E-state index contributed by atoms with van der Waals surface area (Å²) in [6.07, 6.45) is 0. The standard InChI is InChI=1S/C18H18F2N4OS/c1-11-3-4-12(2)14(9-11)10-26-18-23-22-16(24(18)21)13-5-7-15(8-6-13)25-17(19)20/h3-9,17H,10,21H2,1-2H3. The molecule has 0 aliphatic heterocycles. The van der Waals surface area contributed by atoms with Crippen LogP contribution in [0.1, 0.15) is 16.7 Å². The van der Waals surface area contributed by atoms with Crippen LogP contribution in [0.15, 0.2) is 47.6 Å². The third kappa shape index (κ3) is 4.13. The highest BCUT2D eigenvalue weighted by Crippen LogP contribution is 2.27. The first-order valence-electron chi connectivity index (χ1n) is 7.88. The molecule has 0 unspecified atom stereocenters. The van der Waals surface area contributed by atoms with Crippen molar-refractivity contribution in [2.45, 2.75) is 31.4 Å². The van der Waals surface area contributed by atoms with Crippen LogP contribution in [0.5, 0.6) is 5.75 Å². The number of nitrogen functional groups attached to an aromatic ring is 1. The Labute approximate surface area is 154 Å². The lowest BCUT2D eigenvalue weighted by molar-refractivity contribution is -0.0498. The number of hydrogen-bond donors (Lipinski definition) is 1. The van der Waals surface area contributed by atoms with E-state index in [0.29, 0.717) is 16.5 Å². The van der Waals surface area contributed by atoms with Gasteiger partial charge in [0.05, 0.1) is 0 Å². The van der Waals surface area contributed by atoms with E-state index in [0.717, 1.165) is 5.75 Å². The van der Waals surface area contributed by atoms with Crippen LogP contribution in [0.4, 0.5) is 8.78 Å². The Morgan fingerprint density at radius 3 is 2.54 bits per heavy atom. The second-order valence-electron chi connectivity index (χ2n) is 5.80. The zero-order chi connectivity index (χ0) is 18.7. The average molecular weight is 376 g/mol. The summed E-state index contributed by atoms with van der Waals surface area (Å²) in [6, 6.07) is 12.4. The first-order chi connectivity index (χ1) is 12.4. The minimum Gasteiger partial charge on any atom is -0.435 e. The molecule has 0 atom stereocenters. The number of halogens is 2. The van der Waals surface area contributed by atoms with Gasteiger partial charge in [0.15, 0.2) is 5.82 Å². The molecule has 0 aliphatic rings. The molecule has 0 aliphatic carbocycles. The normalized spacial score (nSPS) is 11.1. The van der Waals surface area contributed by atoms with Gasteiger partial charge >= 0.3 is 6.61 Å². The summed E-state index contributed by atoms with van der Waals surface area (Å²) in [5.41, 5.74) is 4.29. The van der Waals surface area contributed by atoms with Crippen molar-refractivity contribution in [2.75, 3.05) is 5.84 Å². The molecule has 0 radical (unpaired) electrons. The number of benzene rings is 2. The van der Waals surface area contributed by atoms with Gasteiger partial charge in [0.2, 0.25) is 5.16 Å². The predicted molar refractivity (Wildman–Crippen MR) is 97.7 cm³/mol. The summed E-state index contributed by atoms with van der Waals surface area (Å²) in [4.78, 5) is 0. The molecular weight excluding hydrogens is 358 g/mol. The molecule has 2 N–H and O–H groups in total. The van der Waals surface area contributed by atoms with Gasteiger partial charge in [-0.05, 0) is 49.2 Å². The van der Waals surface area contributed by atoms with Crippen LogP contribution >= 0.6 is 11.8 Å². The molecule has 26 heavy (non-hydrogen) atoms. The van der Waals surface area contributed by atoms with E-state index in [4.69, 9.17) is 5.84 Å². The van der Waals surface area contributed by atoms with Crippen molar-refractivity contribution in [2.24, 2.45) is 0 Å². The Bertz CT molecular complexity index is 897. The third-order valence-electron chi connectivity index (χ3n) is 3.86. The monoisotopic (exact) mass is 376 g/mol. The van der Waals surface area contributed by atoms with Crippen LogP contribution in [0.25, 0.3) is 11.4 Å². The Balaban J connectivity index is 1.74. The fourth-order valence-electron chi connectivity index (χ4n) is 2.46. The maximum atomic E-state index is 12.2. The van der Waals surface area contributed by atoms with Crippen molar-refractivity contribution in [3.63, 3.8) is 0 Å². The smallest absolute Gasteiger partial charge is 0.387 e. The molecule has 0 bridgehead atoms. The van der Waals surface area contributed by atoms with E-state index in [1.807, 2.05) is 0 Å². The number of aryl methyl sites for hydroxylation is 2. The van der Waals surface area contributed by atoms with E-state index in [1.54, 1.807) is 12.1 Å². The molecule has 1 aromatic heterocycles. The fraction of sp³-hybridized carbons (Fsp3) is 0.222. The molecular formula is C18H18F2N4OS. The maximum Gasteiger partial charge on any atom is 0.387 e. The van der Waals surface area contributed by atoms with Gasteiger partial charge in [-0.3, -0.25) is 0 Å². The number of nitrogens with zero attached hydrogens (tertiary/aromatic N) is 3. The number of thioether (sulfide) groups is 1. The van der Waals surface area contributed by atoms with Crippen molar-refractivity contribution in [1.82, 2.24) is 14.9 Å². The topological polar surface area (TPSA) is 66.0 Å². The number of aromatic nitrogens is 3. The molecule has 8 heteroatoms. The minimum atomic E-state index is -2.85. The Morgan fingerprint density at radius 2 is 1.85 bits per heavy atom. The third-order valence-corrected chi connectivity index (χ3v) is 4.86. The maximum absolute atomic E-state index is 12.2. The highest BCUT2D eigenvalue weighted by molar-refractivity contribution is 7.98. The summed E-state index contributed by atoms with van der Waals surface area (Å²) in [5, 5.41) is 8.81. The second kappa shape index (κ2) is 7.74. The first kappa shape index (κ1) is 18.2. The van der Waals surface area contributed by atoms with E-state index in [2.05, 4.69) is 47.0 Å². The number of ether oxygens (including phenoxy) is 1. The summed E-state index contributed by atoms with van der Waals surface area (Å²) in [7, 11) is 0. The average Bonchev–Trinajstić information content (AvgIpc) is 2.97.